The zero-order valence-electron chi connectivity index (χ0n) is 10.6. The SMILES string of the molecule is CSc1ccc(C(Cl)c2cc(Br)c(C)cc2Br)cc1. The lowest BCUT2D eigenvalue weighted by atomic mass is 10.0. The van der Waals surface area contributed by atoms with E-state index in [0.717, 1.165) is 20.1 Å². The highest BCUT2D eigenvalue weighted by Gasteiger charge is 2.15. The predicted molar refractivity (Wildman–Crippen MR) is 92.5 cm³/mol. The molecule has 0 aliphatic rings. The Morgan fingerprint density at radius 2 is 1.68 bits per heavy atom. The fraction of sp³-hybridized carbons (Fsp3) is 0.200. The van der Waals surface area contributed by atoms with Crippen LogP contribution in [-0.2, 0) is 0 Å². The van der Waals surface area contributed by atoms with Crippen molar-refractivity contribution in [3.05, 3.63) is 62.0 Å². The Bertz CT molecular complexity index is 581. The highest BCUT2D eigenvalue weighted by atomic mass is 79.9. The number of hydrogen-bond donors (Lipinski definition) is 0. The molecule has 0 aromatic heterocycles. The Labute approximate surface area is 140 Å². The van der Waals surface area contributed by atoms with Gasteiger partial charge in [0.1, 0.15) is 0 Å². The van der Waals surface area contributed by atoms with Crippen LogP contribution in [0.5, 0.6) is 0 Å². The largest absolute Gasteiger partial charge is 0.130 e. The molecule has 100 valence electrons. The molecular formula is C15H13Br2ClS. The molecule has 0 heterocycles. The van der Waals surface area contributed by atoms with Gasteiger partial charge < -0.3 is 0 Å². The second kappa shape index (κ2) is 6.66. The van der Waals surface area contributed by atoms with Crippen molar-refractivity contribution in [3.63, 3.8) is 0 Å². The molecule has 1 atom stereocenters. The molecule has 0 radical (unpaired) electrons. The molecule has 0 saturated heterocycles. The van der Waals surface area contributed by atoms with Crippen LogP contribution >= 0.6 is 55.2 Å². The molecule has 4 heteroatoms. The monoisotopic (exact) mass is 418 g/mol. The Hall–Kier alpha value is 0.0400. The van der Waals surface area contributed by atoms with Gasteiger partial charge in [-0.3, -0.25) is 0 Å². The summed E-state index contributed by atoms with van der Waals surface area (Å²) in [7, 11) is 0. The summed E-state index contributed by atoms with van der Waals surface area (Å²) in [6, 6.07) is 12.6. The molecule has 2 aromatic rings. The van der Waals surface area contributed by atoms with E-state index in [1.165, 1.54) is 10.5 Å². The third-order valence-corrected chi connectivity index (χ3v) is 5.73. The molecule has 0 N–H and O–H groups in total. The summed E-state index contributed by atoms with van der Waals surface area (Å²) >= 11 is 15.5. The summed E-state index contributed by atoms with van der Waals surface area (Å²) in [6.07, 6.45) is 2.07. The van der Waals surface area contributed by atoms with Crippen LogP contribution in [-0.4, -0.2) is 6.26 Å². The van der Waals surface area contributed by atoms with Gasteiger partial charge in [0.05, 0.1) is 5.38 Å². The number of thioether (sulfide) groups is 1. The molecule has 2 rings (SSSR count). The summed E-state index contributed by atoms with van der Waals surface area (Å²) in [4.78, 5) is 1.25. The van der Waals surface area contributed by atoms with Gasteiger partial charge in [-0.1, -0.05) is 44.0 Å². The Balaban J connectivity index is 2.37. The highest BCUT2D eigenvalue weighted by molar-refractivity contribution is 9.11. The first-order valence-corrected chi connectivity index (χ1v) is 9.01. The normalized spacial score (nSPS) is 12.5. The van der Waals surface area contributed by atoms with Gasteiger partial charge in [-0.05, 0) is 54.1 Å². The van der Waals surface area contributed by atoms with Gasteiger partial charge in [0.25, 0.3) is 0 Å². The van der Waals surface area contributed by atoms with E-state index < -0.39 is 0 Å². The number of hydrogen-bond acceptors (Lipinski definition) is 1. The number of aryl methyl sites for hydroxylation is 1. The second-order valence-electron chi connectivity index (χ2n) is 4.26. The van der Waals surface area contributed by atoms with E-state index in [-0.39, 0.29) is 5.38 Å². The maximum atomic E-state index is 6.60. The van der Waals surface area contributed by atoms with Crippen molar-refractivity contribution in [1.82, 2.24) is 0 Å². The van der Waals surface area contributed by atoms with Crippen LogP contribution in [0.15, 0.2) is 50.2 Å². The third-order valence-electron chi connectivity index (χ3n) is 2.96. The van der Waals surface area contributed by atoms with Crippen molar-refractivity contribution in [2.24, 2.45) is 0 Å². The van der Waals surface area contributed by atoms with Gasteiger partial charge in [-0.25, -0.2) is 0 Å². The van der Waals surface area contributed by atoms with E-state index in [9.17, 15) is 0 Å². The minimum Gasteiger partial charge on any atom is -0.130 e. The minimum absolute atomic E-state index is 0.151. The lowest BCUT2D eigenvalue weighted by Gasteiger charge is -2.14. The van der Waals surface area contributed by atoms with Crippen LogP contribution in [0.2, 0.25) is 0 Å². The zero-order valence-corrected chi connectivity index (χ0v) is 15.3. The first-order chi connectivity index (χ1) is 9.02. The third kappa shape index (κ3) is 3.57. The summed E-state index contributed by atoms with van der Waals surface area (Å²) in [5, 5.41) is -0.151. The summed E-state index contributed by atoms with van der Waals surface area (Å²) in [5.74, 6) is 0. The molecule has 2 aromatic carbocycles. The van der Waals surface area contributed by atoms with Gasteiger partial charge >= 0.3 is 0 Å². The van der Waals surface area contributed by atoms with Gasteiger partial charge in [0.15, 0.2) is 0 Å². The maximum absolute atomic E-state index is 6.60. The van der Waals surface area contributed by atoms with Crippen molar-refractivity contribution in [3.8, 4) is 0 Å². The maximum Gasteiger partial charge on any atom is 0.0846 e. The van der Waals surface area contributed by atoms with Crippen LogP contribution in [0.1, 0.15) is 22.1 Å². The van der Waals surface area contributed by atoms with E-state index in [2.05, 4.69) is 81.4 Å². The van der Waals surface area contributed by atoms with E-state index in [1.807, 2.05) is 0 Å². The second-order valence-corrected chi connectivity index (χ2v) is 7.28. The molecule has 0 aliphatic heterocycles. The van der Waals surface area contributed by atoms with Gasteiger partial charge in [0, 0.05) is 13.8 Å². The Morgan fingerprint density at radius 1 is 1.05 bits per heavy atom. The van der Waals surface area contributed by atoms with E-state index in [4.69, 9.17) is 11.6 Å². The molecule has 0 spiro atoms. The lowest BCUT2D eigenvalue weighted by molar-refractivity contribution is 1.11. The molecule has 1 unspecified atom stereocenters. The van der Waals surface area contributed by atoms with E-state index in [0.29, 0.717) is 0 Å². The van der Waals surface area contributed by atoms with E-state index in [1.54, 1.807) is 11.8 Å². The first kappa shape index (κ1) is 15.4. The van der Waals surface area contributed by atoms with Crippen molar-refractivity contribution in [1.29, 1.82) is 0 Å². The number of benzene rings is 2. The fourth-order valence-corrected chi connectivity index (χ4v) is 3.72. The topological polar surface area (TPSA) is 0 Å². The lowest BCUT2D eigenvalue weighted by Crippen LogP contribution is -1.96. The van der Waals surface area contributed by atoms with Crippen LogP contribution in [0.25, 0.3) is 0 Å². The number of alkyl halides is 1. The minimum atomic E-state index is -0.151. The van der Waals surface area contributed by atoms with Crippen molar-refractivity contribution < 1.29 is 0 Å². The van der Waals surface area contributed by atoms with Crippen molar-refractivity contribution >= 4 is 55.2 Å². The fourth-order valence-electron chi connectivity index (χ4n) is 1.81. The van der Waals surface area contributed by atoms with Gasteiger partial charge in [-0.15, -0.1) is 23.4 Å². The molecular weight excluding hydrogens is 407 g/mol. The van der Waals surface area contributed by atoms with Gasteiger partial charge in [0.2, 0.25) is 0 Å². The first-order valence-electron chi connectivity index (χ1n) is 5.76. The summed E-state index contributed by atoms with van der Waals surface area (Å²) in [5.41, 5.74) is 3.38. The quantitative estimate of drug-likeness (QED) is 0.400. The molecule has 0 amide bonds. The standard InChI is InChI=1S/C15H13Br2ClS/c1-9-7-14(17)12(8-13(9)16)15(18)10-3-5-11(19-2)6-4-10/h3-8,15H,1-2H3. The average Bonchev–Trinajstić information content (AvgIpc) is 2.42. The van der Waals surface area contributed by atoms with Crippen LogP contribution in [0.3, 0.4) is 0 Å². The number of halogens is 3. The molecule has 0 nitrogen and oxygen atoms in total. The number of rotatable bonds is 3. The summed E-state index contributed by atoms with van der Waals surface area (Å²) in [6.45, 7) is 2.06. The molecule has 0 fully saturated rings. The predicted octanol–water partition coefficient (Wildman–Crippen LogP) is 6.57. The van der Waals surface area contributed by atoms with Crippen molar-refractivity contribution in [2.75, 3.05) is 6.26 Å². The average molecular weight is 421 g/mol. The van der Waals surface area contributed by atoms with Crippen LogP contribution in [0.4, 0.5) is 0 Å². The molecule has 0 aliphatic carbocycles. The van der Waals surface area contributed by atoms with Crippen LogP contribution in [0, 0.1) is 6.92 Å². The van der Waals surface area contributed by atoms with Crippen LogP contribution < -0.4 is 0 Å². The van der Waals surface area contributed by atoms with E-state index >= 15 is 0 Å². The summed E-state index contributed by atoms with van der Waals surface area (Å²) < 4.78 is 2.12. The molecule has 19 heavy (non-hydrogen) atoms. The zero-order chi connectivity index (χ0) is 14.0. The smallest absolute Gasteiger partial charge is 0.0846 e. The Morgan fingerprint density at radius 3 is 2.26 bits per heavy atom. The highest BCUT2D eigenvalue weighted by Crippen LogP contribution is 2.37. The molecule has 0 bridgehead atoms. The molecule has 0 saturated carbocycles. The van der Waals surface area contributed by atoms with Gasteiger partial charge in [-0.2, -0.15) is 0 Å². The Kier molecular flexibility index (Phi) is 5.41. The van der Waals surface area contributed by atoms with Crippen molar-refractivity contribution in [2.45, 2.75) is 17.2 Å².